The van der Waals surface area contributed by atoms with Crippen molar-refractivity contribution < 1.29 is 13.9 Å². The summed E-state index contributed by atoms with van der Waals surface area (Å²) in [6.45, 7) is 4.10. The van der Waals surface area contributed by atoms with Crippen LogP contribution in [0.4, 0.5) is 16.2 Å². The standard InChI is InChI=1S/C24H23N3O3/c1-4-16-6-9-18(10-7-16)25-24(28)27-20-14-17(8-12-21(20)29-3)23-26-19-13-15(2)5-11-22(19)30-23/h5-14H,4H2,1-3H3,(H2,25,27,28). The average molecular weight is 401 g/mol. The molecule has 2 amide bonds. The van der Waals surface area contributed by atoms with Crippen LogP contribution in [0.25, 0.3) is 22.6 Å². The molecule has 3 aromatic carbocycles. The molecule has 1 aromatic heterocycles. The van der Waals surface area contributed by atoms with Gasteiger partial charge < -0.3 is 19.8 Å². The Morgan fingerprint density at radius 2 is 1.83 bits per heavy atom. The second-order valence-corrected chi connectivity index (χ2v) is 7.03. The number of anilines is 2. The van der Waals surface area contributed by atoms with Gasteiger partial charge in [-0.25, -0.2) is 9.78 Å². The van der Waals surface area contributed by atoms with Crippen LogP contribution in [0.1, 0.15) is 18.1 Å². The lowest BCUT2D eigenvalue weighted by molar-refractivity contribution is 0.262. The van der Waals surface area contributed by atoms with E-state index in [-0.39, 0.29) is 6.03 Å². The number of aromatic nitrogens is 1. The first-order valence-electron chi connectivity index (χ1n) is 9.78. The molecule has 6 nitrogen and oxygen atoms in total. The summed E-state index contributed by atoms with van der Waals surface area (Å²) in [6.07, 6.45) is 0.950. The number of amides is 2. The molecule has 4 rings (SSSR count). The van der Waals surface area contributed by atoms with Gasteiger partial charge in [0.25, 0.3) is 0 Å². The summed E-state index contributed by atoms with van der Waals surface area (Å²) in [4.78, 5) is 17.1. The fourth-order valence-corrected chi connectivity index (χ4v) is 3.21. The largest absolute Gasteiger partial charge is 0.495 e. The first-order chi connectivity index (χ1) is 14.6. The van der Waals surface area contributed by atoms with Crippen molar-refractivity contribution >= 4 is 28.5 Å². The highest BCUT2D eigenvalue weighted by Crippen LogP contribution is 2.32. The third-order valence-electron chi connectivity index (χ3n) is 4.86. The van der Waals surface area contributed by atoms with Gasteiger partial charge in [0.2, 0.25) is 5.89 Å². The van der Waals surface area contributed by atoms with Crippen molar-refractivity contribution in [2.24, 2.45) is 0 Å². The van der Waals surface area contributed by atoms with Gasteiger partial charge in [0.1, 0.15) is 11.3 Å². The van der Waals surface area contributed by atoms with E-state index in [1.54, 1.807) is 19.2 Å². The van der Waals surface area contributed by atoms with E-state index in [2.05, 4.69) is 22.5 Å². The number of rotatable bonds is 5. The Morgan fingerprint density at radius 1 is 1.03 bits per heavy atom. The van der Waals surface area contributed by atoms with Gasteiger partial charge >= 0.3 is 6.03 Å². The number of oxazole rings is 1. The number of carbonyl (C=O) groups excluding carboxylic acids is 1. The first-order valence-corrected chi connectivity index (χ1v) is 9.78. The highest BCUT2D eigenvalue weighted by atomic mass is 16.5. The van der Waals surface area contributed by atoms with Crippen molar-refractivity contribution in [3.63, 3.8) is 0 Å². The highest BCUT2D eigenvalue weighted by Gasteiger charge is 2.13. The predicted molar refractivity (Wildman–Crippen MR) is 119 cm³/mol. The van der Waals surface area contributed by atoms with Crippen molar-refractivity contribution in [3.8, 4) is 17.2 Å². The zero-order chi connectivity index (χ0) is 21.1. The zero-order valence-electron chi connectivity index (χ0n) is 17.2. The summed E-state index contributed by atoms with van der Waals surface area (Å²) >= 11 is 0. The van der Waals surface area contributed by atoms with Crippen molar-refractivity contribution in [1.29, 1.82) is 0 Å². The Balaban J connectivity index is 1.57. The summed E-state index contributed by atoms with van der Waals surface area (Å²) in [5.74, 6) is 1.03. The molecule has 0 saturated carbocycles. The Labute approximate surface area is 174 Å². The van der Waals surface area contributed by atoms with Crippen LogP contribution in [-0.2, 0) is 6.42 Å². The number of hydrogen-bond donors (Lipinski definition) is 2. The highest BCUT2D eigenvalue weighted by molar-refractivity contribution is 6.01. The van der Waals surface area contributed by atoms with E-state index >= 15 is 0 Å². The molecule has 4 aromatic rings. The molecule has 0 unspecified atom stereocenters. The number of fused-ring (bicyclic) bond motifs is 1. The first kappa shape index (κ1) is 19.5. The van der Waals surface area contributed by atoms with Gasteiger partial charge in [0.05, 0.1) is 12.8 Å². The van der Waals surface area contributed by atoms with Crippen LogP contribution >= 0.6 is 0 Å². The molecular formula is C24H23N3O3. The second-order valence-electron chi connectivity index (χ2n) is 7.03. The molecular weight excluding hydrogens is 378 g/mol. The summed E-state index contributed by atoms with van der Waals surface area (Å²) in [7, 11) is 1.56. The Kier molecular flexibility index (Phi) is 5.39. The lowest BCUT2D eigenvalue weighted by Crippen LogP contribution is -2.19. The predicted octanol–water partition coefficient (Wildman–Crippen LogP) is 6.02. The van der Waals surface area contributed by atoms with E-state index in [1.807, 2.05) is 55.5 Å². The van der Waals surface area contributed by atoms with Crippen molar-refractivity contribution in [3.05, 3.63) is 71.8 Å². The minimum atomic E-state index is -0.358. The molecule has 0 saturated heterocycles. The maximum absolute atomic E-state index is 12.5. The van der Waals surface area contributed by atoms with Gasteiger partial charge in [0, 0.05) is 11.3 Å². The molecule has 0 fully saturated rings. The Morgan fingerprint density at radius 3 is 2.57 bits per heavy atom. The van der Waals surface area contributed by atoms with Crippen molar-refractivity contribution in [2.45, 2.75) is 20.3 Å². The number of nitrogens with zero attached hydrogens (tertiary/aromatic N) is 1. The topological polar surface area (TPSA) is 76.4 Å². The van der Waals surface area contributed by atoms with E-state index in [0.29, 0.717) is 28.6 Å². The molecule has 30 heavy (non-hydrogen) atoms. The number of benzene rings is 3. The fourth-order valence-electron chi connectivity index (χ4n) is 3.21. The molecule has 152 valence electrons. The smallest absolute Gasteiger partial charge is 0.323 e. The third kappa shape index (κ3) is 4.12. The molecule has 0 bridgehead atoms. The van der Waals surface area contributed by atoms with Crippen LogP contribution in [0.2, 0.25) is 0 Å². The maximum atomic E-state index is 12.5. The normalized spacial score (nSPS) is 10.8. The number of methoxy groups -OCH3 is 1. The van der Waals surface area contributed by atoms with E-state index in [0.717, 1.165) is 23.1 Å². The van der Waals surface area contributed by atoms with Gasteiger partial charge in [-0.1, -0.05) is 25.1 Å². The van der Waals surface area contributed by atoms with Crippen molar-refractivity contribution in [1.82, 2.24) is 4.98 Å². The van der Waals surface area contributed by atoms with E-state index in [1.165, 1.54) is 5.56 Å². The van der Waals surface area contributed by atoms with Crippen LogP contribution in [0.15, 0.2) is 65.1 Å². The van der Waals surface area contributed by atoms with E-state index in [4.69, 9.17) is 9.15 Å². The van der Waals surface area contributed by atoms with Crippen LogP contribution in [0, 0.1) is 6.92 Å². The third-order valence-corrected chi connectivity index (χ3v) is 4.86. The lowest BCUT2D eigenvalue weighted by atomic mass is 10.1. The average Bonchev–Trinajstić information content (AvgIpc) is 3.17. The number of nitrogens with one attached hydrogen (secondary N) is 2. The molecule has 0 aliphatic carbocycles. The summed E-state index contributed by atoms with van der Waals surface area (Å²) < 4.78 is 11.3. The van der Waals surface area contributed by atoms with Gasteiger partial charge in [-0.3, -0.25) is 0 Å². The zero-order valence-corrected chi connectivity index (χ0v) is 17.2. The molecule has 0 radical (unpaired) electrons. The van der Waals surface area contributed by atoms with Crippen LogP contribution in [0.3, 0.4) is 0 Å². The molecule has 1 heterocycles. The maximum Gasteiger partial charge on any atom is 0.323 e. The molecule has 0 aliphatic rings. The fraction of sp³-hybridized carbons (Fsp3) is 0.167. The molecule has 0 aliphatic heterocycles. The number of hydrogen-bond acceptors (Lipinski definition) is 4. The van der Waals surface area contributed by atoms with Crippen LogP contribution < -0.4 is 15.4 Å². The number of urea groups is 1. The lowest BCUT2D eigenvalue weighted by Gasteiger charge is -2.12. The monoisotopic (exact) mass is 401 g/mol. The summed E-state index contributed by atoms with van der Waals surface area (Å²) in [5.41, 5.74) is 5.82. The van der Waals surface area contributed by atoms with Gasteiger partial charge in [-0.2, -0.15) is 0 Å². The van der Waals surface area contributed by atoms with Crippen LogP contribution in [0.5, 0.6) is 5.75 Å². The number of carbonyl (C=O) groups is 1. The SMILES string of the molecule is CCc1ccc(NC(=O)Nc2cc(-c3nc4cc(C)ccc4o3)ccc2OC)cc1. The van der Waals surface area contributed by atoms with Crippen LogP contribution in [-0.4, -0.2) is 18.1 Å². The van der Waals surface area contributed by atoms with Gasteiger partial charge in [0.15, 0.2) is 5.58 Å². The second kappa shape index (κ2) is 8.29. The summed E-state index contributed by atoms with van der Waals surface area (Å²) in [6, 6.07) is 18.7. The molecule has 6 heteroatoms. The minimum Gasteiger partial charge on any atom is -0.495 e. The van der Waals surface area contributed by atoms with Gasteiger partial charge in [-0.05, 0) is 66.9 Å². The molecule has 0 spiro atoms. The molecule has 0 atom stereocenters. The quantitative estimate of drug-likeness (QED) is 0.429. The Hall–Kier alpha value is -3.80. The molecule has 2 N–H and O–H groups in total. The number of aryl methyl sites for hydroxylation is 2. The Bertz CT molecular complexity index is 1200. The van der Waals surface area contributed by atoms with Crippen molar-refractivity contribution in [2.75, 3.05) is 17.7 Å². The van der Waals surface area contributed by atoms with E-state index < -0.39 is 0 Å². The van der Waals surface area contributed by atoms with E-state index in [9.17, 15) is 4.79 Å². The number of ether oxygens (including phenoxy) is 1. The minimum absolute atomic E-state index is 0.358. The summed E-state index contributed by atoms with van der Waals surface area (Å²) in [5, 5.41) is 5.68. The van der Waals surface area contributed by atoms with Gasteiger partial charge in [-0.15, -0.1) is 0 Å².